The third-order valence-corrected chi connectivity index (χ3v) is 4.85. The van der Waals surface area contributed by atoms with Gasteiger partial charge < -0.3 is 4.90 Å². The van der Waals surface area contributed by atoms with Crippen LogP contribution in [0.2, 0.25) is 0 Å². The van der Waals surface area contributed by atoms with Crippen LogP contribution in [0.3, 0.4) is 0 Å². The highest BCUT2D eigenvalue weighted by Gasteiger charge is 2.33. The van der Waals surface area contributed by atoms with Crippen molar-refractivity contribution in [1.29, 1.82) is 0 Å². The molecular weight excluding hydrogens is 308 g/mol. The van der Waals surface area contributed by atoms with Crippen molar-refractivity contribution in [2.75, 3.05) is 11.9 Å². The predicted molar refractivity (Wildman–Crippen MR) is 81.5 cm³/mol. The van der Waals surface area contributed by atoms with Crippen LogP contribution in [0.25, 0.3) is 0 Å². The van der Waals surface area contributed by atoms with Crippen molar-refractivity contribution < 1.29 is 9.59 Å². The molecular formula is C13H14N4O2S2. The van der Waals surface area contributed by atoms with E-state index in [0.29, 0.717) is 23.0 Å². The minimum atomic E-state index is -0.433. The Hall–Kier alpha value is -1.80. The molecule has 6 nitrogen and oxygen atoms in total. The molecule has 0 saturated carbocycles. The number of nitrogens with zero attached hydrogens (tertiary/aromatic N) is 3. The first-order valence-corrected chi connectivity index (χ1v) is 8.43. The predicted octanol–water partition coefficient (Wildman–Crippen LogP) is 2.23. The maximum Gasteiger partial charge on any atom is 0.264 e. The lowest BCUT2D eigenvalue weighted by atomic mass is 10.0. The van der Waals surface area contributed by atoms with E-state index in [4.69, 9.17) is 0 Å². The number of anilines is 1. The van der Waals surface area contributed by atoms with Crippen LogP contribution in [0.5, 0.6) is 0 Å². The van der Waals surface area contributed by atoms with Gasteiger partial charge >= 0.3 is 0 Å². The maximum atomic E-state index is 12.5. The van der Waals surface area contributed by atoms with Gasteiger partial charge in [0.25, 0.3) is 5.91 Å². The fraction of sp³-hybridized carbons (Fsp3) is 0.385. The van der Waals surface area contributed by atoms with E-state index in [1.807, 2.05) is 11.4 Å². The van der Waals surface area contributed by atoms with Crippen molar-refractivity contribution in [2.45, 2.75) is 25.3 Å². The molecule has 0 spiro atoms. The summed E-state index contributed by atoms with van der Waals surface area (Å²) in [6, 6.07) is 3.21. The van der Waals surface area contributed by atoms with Crippen molar-refractivity contribution in [3.8, 4) is 0 Å². The summed E-state index contributed by atoms with van der Waals surface area (Å²) in [4.78, 5) is 27.2. The zero-order valence-electron chi connectivity index (χ0n) is 11.2. The van der Waals surface area contributed by atoms with E-state index in [2.05, 4.69) is 15.5 Å². The zero-order chi connectivity index (χ0) is 14.7. The van der Waals surface area contributed by atoms with Crippen LogP contribution in [-0.2, 0) is 4.79 Å². The molecule has 3 heterocycles. The summed E-state index contributed by atoms with van der Waals surface area (Å²) in [5, 5.41) is 12.6. The molecule has 1 aliphatic heterocycles. The van der Waals surface area contributed by atoms with Crippen molar-refractivity contribution in [1.82, 2.24) is 15.1 Å². The van der Waals surface area contributed by atoms with Crippen molar-refractivity contribution in [3.05, 3.63) is 27.9 Å². The highest BCUT2D eigenvalue weighted by atomic mass is 32.1. The molecule has 1 unspecified atom stereocenters. The molecule has 8 heteroatoms. The summed E-state index contributed by atoms with van der Waals surface area (Å²) in [7, 11) is 0. The maximum absolute atomic E-state index is 12.5. The molecule has 2 aromatic rings. The SMILES string of the molecule is O=C(Nc1nncs1)C1CCCCN1C(=O)c1cccs1. The Bertz CT molecular complexity index is 612. The number of nitrogens with one attached hydrogen (secondary N) is 1. The number of hydrogen-bond donors (Lipinski definition) is 1. The second-order valence-electron chi connectivity index (χ2n) is 4.72. The van der Waals surface area contributed by atoms with E-state index < -0.39 is 6.04 Å². The molecule has 1 N–H and O–H groups in total. The zero-order valence-corrected chi connectivity index (χ0v) is 12.8. The first-order valence-electron chi connectivity index (χ1n) is 6.67. The summed E-state index contributed by atoms with van der Waals surface area (Å²) >= 11 is 2.67. The molecule has 0 bridgehead atoms. The lowest BCUT2D eigenvalue weighted by Crippen LogP contribution is -2.49. The van der Waals surface area contributed by atoms with Gasteiger partial charge in [-0.3, -0.25) is 14.9 Å². The monoisotopic (exact) mass is 322 g/mol. The average Bonchev–Trinajstić information content (AvgIpc) is 3.19. The minimum Gasteiger partial charge on any atom is -0.326 e. The lowest BCUT2D eigenvalue weighted by Gasteiger charge is -2.34. The third-order valence-electron chi connectivity index (χ3n) is 3.39. The number of carbonyl (C=O) groups is 2. The van der Waals surface area contributed by atoms with Crippen LogP contribution in [0.1, 0.15) is 28.9 Å². The Kier molecular flexibility index (Phi) is 4.26. The van der Waals surface area contributed by atoms with Gasteiger partial charge in [-0.25, -0.2) is 0 Å². The topological polar surface area (TPSA) is 75.2 Å². The molecule has 0 aromatic carbocycles. The van der Waals surface area contributed by atoms with Gasteiger partial charge in [0.2, 0.25) is 11.0 Å². The summed E-state index contributed by atoms with van der Waals surface area (Å²) < 4.78 is 0. The molecule has 1 atom stereocenters. The van der Waals surface area contributed by atoms with Gasteiger partial charge in [-0.05, 0) is 30.7 Å². The number of aromatic nitrogens is 2. The molecule has 2 amide bonds. The molecule has 2 aromatic heterocycles. The summed E-state index contributed by atoms with van der Waals surface area (Å²) in [6.45, 7) is 0.616. The third kappa shape index (κ3) is 3.11. The van der Waals surface area contributed by atoms with Gasteiger partial charge in [0.05, 0.1) is 4.88 Å². The van der Waals surface area contributed by atoms with Gasteiger partial charge in [-0.1, -0.05) is 17.4 Å². The van der Waals surface area contributed by atoms with Crippen LogP contribution in [0, 0.1) is 0 Å². The Morgan fingerprint density at radius 3 is 2.95 bits per heavy atom. The quantitative estimate of drug-likeness (QED) is 0.940. The van der Waals surface area contributed by atoms with E-state index >= 15 is 0 Å². The van der Waals surface area contributed by atoms with Gasteiger partial charge in [0, 0.05) is 6.54 Å². The van der Waals surface area contributed by atoms with Crippen molar-refractivity contribution in [3.63, 3.8) is 0 Å². The van der Waals surface area contributed by atoms with E-state index in [0.717, 1.165) is 12.8 Å². The Morgan fingerprint density at radius 2 is 2.24 bits per heavy atom. The van der Waals surface area contributed by atoms with E-state index in [9.17, 15) is 9.59 Å². The van der Waals surface area contributed by atoms with E-state index in [1.165, 1.54) is 22.7 Å². The fourth-order valence-electron chi connectivity index (χ4n) is 2.41. The number of carbonyl (C=O) groups excluding carboxylic acids is 2. The molecule has 0 aliphatic carbocycles. The normalized spacial score (nSPS) is 18.5. The minimum absolute atomic E-state index is 0.0675. The number of hydrogen-bond acceptors (Lipinski definition) is 6. The standard InChI is InChI=1S/C13H14N4O2S2/c18-11(15-13-16-14-8-21-13)9-4-1-2-6-17(9)12(19)10-5-3-7-20-10/h3,5,7-9H,1-2,4,6H2,(H,15,16,18). The average molecular weight is 322 g/mol. The number of likely N-dealkylation sites (tertiary alicyclic amines) is 1. The van der Waals surface area contributed by atoms with Gasteiger partial charge in [0.1, 0.15) is 11.6 Å². The van der Waals surface area contributed by atoms with Crippen LogP contribution in [0.4, 0.5) is 5.13 Å². The lowest BCUT2D eigenvalue weighted by molar-refractivity contribution is -0.121. The molecule has 3 rings (SSSR count). The molecule has 21 heavy (non-hydrogen) atoms. The Balaban J connectivity index is 1.75. The number of amides is 2. The number of thiophene rings is 1. The smallest absolute Gasteiger partial charge is 0.264 e. The number of piperidine rings is 1. The Labute approximate surface area is 129 Å². The second-order valence-corrected chi connectivity index (χ2v) is 6.50. The molecule has 1 saturated heterocycles. The highest BCUT2D eigenvalue weighted by Crippen LogP contribution is 2.23. The van der Waals surface area contributed by atoms with Gasteiger partial charge in [-0.15, -0.1) is 21.5 Å². The van der Waals surface area contributed by atoms with Crippen LogP contribution in [0.15, 0.2) is 23.0 Å². The van der Waals surface area contributed by atoms with Gasteiger partial charge in [-0.2, -0.15) is 0 Å². The Morgan fingerprint density at radius 1 is 1.33 bits per heavy atom. The second kappa shape index (κ2) is 6.31. The van der Waals surface area contributed by atoms with Crippen LogP contribution < -0.4 is 5.32 Å². The first kappa shape index (κ1) is 14.2. The number of rotatable bonds is 3. The fourth-order valence-corrected chi connectivity index (χ4v) is 3.53. The molecule has 1 aliphatic rings. The van der Waals surface area contributed by atoms with Gasteiger partial charge in [0.15, 0.2) is 0 Å². The van der Waals surface area contributed by atoms with Crippen molar-refractivity contribution >= 4 is 39.6 Å². The summed E-state index contributed by atoms with van der Waals surface area (Å²) in [6.07, 6.45) is 2.56. The highest BCUT2D eigenvalue weighted by molar-refractivity contribution is 7.13. The molecule has 1 fully saturated rings. The van der Waals surface area contributed by atoms with E-state index in [-0.39, 0.29) is 11.8 Å². The largest absolute Gasteiger partial charge is 0.326 e. The molecule has 110 valence electrons. The van der Waals surface area contributed by atoms with Crippen LogP contribution in [-0.4, -0.2) is 39.5 Å². The molecule has 0 radical (unpaired) electrons. The first-order chi connectivity index (χ1) is 10.3. The van der Waals surface area contributed by atoms with E-state index in [1.54, 1.807) is 16.5 Å². The van der Waals surface area contributed by atoms with Crippen molar-refractivity contribution in [2.24, 2.45) is 0 Å². The van der Waals surface area contributed by atoms with Crippen LogP contribution >= 0.6 is 22.7 Å². The summed E-state index contributed by atoms with van der Waals surface area (Å²) in [5.41, 5.74) is 1.56. The summed E-state index contributed by atoms with van der Waals surface area (Å²) in [5.74, 6) is -0.251.